The van der Waals surface area contributed by atoms with E-state index >= 15 is 0 Å². The van der Waals surface area contributed by atoms with Crippen LogP contribution in [0.2, 0.25) is 0 Å². The highest BCUT2D eigenvalue weighted by atomic mass is 16.4. The first-order valence-corrected chi connectivity index (χ1v) is 13.2. The lowest BCUT2D eigenvalue weighted by Gasteiger charge is -2.34. The standard InChI is InChI=1S/C18H34O2.C9H17NO2/c1-2-3-4-5-6-7-8-9-10-11-12-13-14-15-16-17-18(19)20;10-7-9(6-8(11)12)4-2-1-3-5-9/h9-10H,2-8,11-17H2,1H3,(H,19,20);1-7,10H2,(H,11,12). The van der Waals surface area contributed by atoms with Crippen molar-refractivity contribution in [3.63, 3.8) is 0 Å². The van der Waals surface area contributed by atoms with Gasteiger partial charge in [0.05, 0.1) is 6.42 Å². The third-order valence-electron chi connectivity index (χ3n) is 6.53. The summed E-state index contributed by atoms with van der Waals surface area (Å²) < 4.78 is 0. The second kappa shape index (κ2) is 21.5. The molecule has 1 aliphatic rings. The quantitative estimate of drug-likeness (QED) is 0.147. The summed E-state index contributed by atoms with van der Waals surface area (Å²) in [6.07, 6.45) is 27.0. The van der Waals surface area contributed by atoms with E-state index in [0.29, 0.717) is 13.0 Å². The van der Waals surface area contributed by atoms with Crippen molar-refractivity contribution in [1.82, 2.24) is 0 Å². The minimum absolute atomic E-state index is 0.0793. The zero-order valence-electron chi connectivity index (χ0n) is 20.8. The number of carbonyl (C=O) groups is 2. The van der Waals surface area contributed by atoms with Gasteiger partial charge in [-0.05, 0) is 56.9 Å². The molecule has 188 valence electrons. The number of hydrogen-bond acceptors (Lipinski definition) is 3. The molecule has 0 atom stereocenters. The Morgan fingerprint density at radius 2 is 1.25 bits per heavy atom. The van der Waals surface area contributed by atoms with Crippen LogP contribution in [0.1, 0.15) is 135 Å². The molecule has 0 unspecified atom stereocenters. The monoisotopic (exact) mass is 453 g/mol. The number of rotatable bonds is 18. The van der Waals surface area contributed by atoms with E-state index in [1.54, 1.807) is 0 Å². The van der Waals surface area contributed by atoms with Gasteiger partial charge in [0.25, 0.3) is 0 Å². The molecule has 1 fully saturated rings. The van der Waals surface area contributed by atoms with Crippen molar-refractivity contribution < 1.29 is 19.8 Å². The van der Waals surface area contributed by atoms with E-state index in [-0.39, 0.29) is 11.8 Å². The molecule has 0 aliphatic heterocycles. The van der Waals surface area contributed by atoms with E-state index < -0.39 is 11.9 Å². The minimum Gasteiger partial charge on any atom is -0.481 e. The highest BCUT2D eigenvalue weighted by Crippen LogP contribution is 2.38. The summed E-state index contributed by atoms with van der Waals surface area (Å²) in [5, 5.41) is 17.2. The first-order chi connectivity index (χ1) is 15.5. The van der Waals surface area contributed by atoms with Crippen molar-refractivity contribution in [3.8, 4) is 0 Å². The van der Waals surface area contributed by atoms with Crippen molar-refractivity contribution in [2.24, 2.45) is 11.1 Å². The first-order valence-electron chi connectivity index (χ1n) is 13.2. The van der Waals surface area contributed by atoms with Crippen molar-refractivity contribution in [3.05, 3.63) is 12.2 Å². The van der Waals surface area contributed by atoms with Crippen LogP contribution >= 0.6 is 0 Å². The molecule has 0 spiro atoms. The van der Waals surface area contributed by atoms with E-state index in [4.69, 9.17) is 15.9 Å². The molecule has 4 N–H and O–H groups in total. The lowest BCUT2D eigenvalue weighted by Crippen LogP contribution is -2.34. The van der Waals surface area contributed by atoms with E-state index in [0.717, 1.165) is 38.5 Å². The van der Waals surface area contributed by atoms with Crippen LogP contribution in [0.25, 0.3) is 0 Å². The van der Waals surface area contributed by atoms with Gasteiger partial charge < -0.3 is 15.9 Å². The molecule has 0 heterocycles. The van der Waals surface area contributed by atoms with Crippen molar-refractivity contribution in [2.45, 2.75) is 135 Å². The summed E-state index contributed by atoms with van der Waals surface area (Å²) >= 11 is 0. The van der Waals surface area contributed by atoms with Crippen LogP contribution in [0.15, 0.2) is 12.2 Å². The van der Waals surface area contributed by atoms with Crippen LogP contribution in [0.5, 0.6) is 0 Å². The lowest BCUT2D eigenvalue weighted by atomic mass is 9.72. The summed E-state index contributed by atoms with van der Waals surface area (Å²) in [6.45, 7) is 2.79. The summed E-state index contributed by atoms with van der Waals surface area (Å²) in [5.41, 5.74) is 5.54. The average molecular weight is 454 g/mol. The molecular formula is C27H51NO4. The highest BCUT2D eigenvalue weighted by molar-refractivity contribution is 5.67. The van der Waals surface area contributed by atoms with Crippen molar-refractivity contribution in [2.75, 3.05) is 6.54 Å². The molecule has 0 saturated heterocycles. The van der Waals surface area contributed by atoms with Crippen LogP contribution in [0.4, 0.5) is 0 Å². The fourth-order valence-corrected chi connectivity index (χ4v) is 4.42. The van der Waals surface area contributed by atoms with Gasteiger partial charge in [-0.1, -0.05) is 89.7 Å². The van der Waals surface area contributed by atoms with Crippen molar-refractivity contribution >= 4 is 11.9 Å². The Morgan fingerprint density at radius 3 is 1.72 bits per heavy atom. The predicted octanol–water partition coefficient (Wildman–Crippen LogP) is 7.48. The Morgan fingerprint density at radius 1 is 0.750 bits per heavy atom. The Balaban J connectivity index is 0.000000677. The SMILES string of the molecule is CCCCCCCCC=CCCCCCCCC(=O)O.NCC1(CC(=O)O)CCCCC1. The predicted molar refractivity (Wildman–Crippen MR) is 134 cm³/mol. The van der Waals surface area contributed by atoms with Gasteiger partial charge in [-0.3, -0.25) is 9.59 Å². The van der Waals surface area contributed by atoms with E-state index in [1.807, 2.05) is 0 Å². The number of unbranched alkanes of at least 4 members (excludes halogenated alkanes) is 11. The fraction of sp³-hybridized carbons (Fsp3) is 0.852. The molecule has 1 aliphatic carbocycles. The third-order valence-corrected chi connectivity index (χ3v) is 6.53. The summed E-state index contributed by atoms with van der Waals surface area (Å²) in [7, 11) is 0. The van der Waals surface area contributed by atoms with Gasteiger partial charge in [0, 0.05) is 6.42 Å². The third kappa shape index (κ3) is 19.3. The van der Waals surface area contributed by atoms with Crippen LogP contribution in [0, 0.1) is 5.41 Å². The normalized spacial score (nSPS) is 15.3. The molecule has 1 saturated carbocycles. The molecule has 0 aromatic carbocycles. The maximum atomic E-state index is 10.6. The number of carboxylic acid groups (broad SMARTS) is 2. The Bertz CT molecular complexity index is 484. The maximum absolute atomic E-state index is 10.6. The molecule has 0 aromatic rings. The molecule has 1 rings (SSSR count). The lowest BCUT2D eigenvalue weighted by molar-refractivity contribution is -0.140. The van der Waals surface area contributed by atoms with Crippen molar-refractivity contribution in [1.29, 1.82) is 0 Å². The van der Waals surface area contributed by atoms with Gasteiger partial charge in [-0.15, -0.1) is 0 Å². The number of hydrogen-bond donors (Lipinski definition) is 3. The Labute approximate surface area is 197 Å². The largest absolute Gasteiger partial charge is 0.481 e. The maximum Gasteiger partial charge on any atom is 0.303 e. The fourth-order valence-electron chi connectivity index (χ4n) is 4.42. The van der Waals surface area contributed by atoms with Gasteiger partial charge >= 0.3 is 11.9 Å². The summed E-state index contributed by atoms with van der Waals surface area (Å²) in [5.74, 6) is -1.37. The van der Waals surface area contributed by atoms with E-state index in [2.05, 4.69) is 19.1 Å². The van der Waals surface area contributed by atoms with Gasteiger partial charge in [0.15, 0.2) is 0 Å². The topological polar surface area (TPSA) is 101 Å². The van der Waals surface area contributed by atoms with Gasteiger partial charge in [0.1, 0.15) is 0 Å². The number of aliphatic carboxylic acids is 2. The average Bonchev–Trinajstić information content (AvgIpc) is 2.77. The second-order valence-electron chi connectivity index (χ2n) is 9.56. The van der Waals surface area contributed by atoms with Crippen LogP contribution < -0.4 is 5.73 Å². The molecular weight excluding hydrogens is 402 g/mol. The molecule has 0 amide bonds. The first kappa shape index (κ1) is 30.6. The van der Waals surface area contributed by atoms with Crippen LogP contribution in [0.3, 0.4) is 0 Å². The summed E-state index contributed by atoms with van der Waals surface area (Å²) in [6, 6.07) is 0. The zero-order valence-corrected chi connectivity index (χ0v) is 20.8. The van der Waals surface area contributed by atoms with Gasteiger partial charge in [0.2, 0.25) is 0 Å². The Hall–Kier alpha value is -1.36. The molecule has 32 heavy (non-hydrogen) atoms. The van der Waals surface area contributed by atoms with E-state index in [1.165, 1.54) is 77.0 Å². The molecule has 0 aromatic heterocycles. The number of allylic oxidation sites excluding steroid dienone is 2. The molecule has 0 radical (unpaired) electrons. The van der Waals surface area contributed by atoms with Gasteiger partial charge in [-0.25, -0.2) is 0 Å². The van der Waals surface area contributed by atoms with Crippen LogP contribution in [-0.4, -0.2) is 28.7 Å². The second-order valence-corrected chi connectivity index (χ2v) is 9.56. The molecule has 0 bridgehead atoms. The van der Waals surface area contributed by atoms with Crippen LogP contribution in [-0.2, 0) is 9.59 Å². The highest BCUT2D eigenvalue weighted by Gasteiger charge is 2.32. The smallest absolute Gasteiger partial charge is 0.303 e. The minimum atomic E-state index is -0.706. The molecule has 5 nitrogen and oxygen atoms in total. The zero-order chi connectivity index (χ0) is 23.9. The van der Waals surface area contributed by atoms with Gasteiger partial charge in [-0.2, -0.15) is 0 Å². The number of nitrogens with two attached hydrogens (primary N) is 1. The van der Waals surface area contributed by atoms with E-state index in [9.17, 15) is 9.59 Å². The Kier molecular flexibility index (Phi) is 20.6. The summed E-state index contributed by atoms with van der Waals surface area (Å²) in [4.78, 5) is 20.9. The molecule has 5 heteroatoms. The number of carboxylic acids is 2.